The molecule has 124 valence electrons. The number of unbranched alkanes of at least 4 members (excludes halogenated alkanes) is 1. The lowest BCUT2D eigenvalue weighted by atomic mass is 10.3. The van der Waals surface area contributed by atoms with Crippen LogP contribution in [0.15, 0.2) is 42.0 Å². The molecule has 0 spiro atoms. The first kappa shape index (κ1) is 18.5. The minimum atomic E-state index is -3.61. The van der Waals surface area contributed by atoms with E-state index in [1.165, 1.54) is 29.8 Å². The average Bonchev–Trinajstić information content (AvgIpc) is 2.53. The van der Waals surface area contributed by atoms with Gasteiger partial charge in [-0.25, -0.2) is 8.42 Å². The summed E-state index contributed by atoms with van der Waals surface area (Å²) >= 11 is 0. The summed E-state index contributed by atoms with van der Waals surface area (Å²) in [4.78, 5) is 0.205. The Bertz CT molecular complexity index is 542. The molecule has 1 rings (SSSR count). The molecule has 0 unspecified atom stereocenters. The van der Waals surface area contributed by atoms with E-state index in [9.17, 15) is 8.42 Å². The second-order valence-electron chi connectivity index (χ2n) is 4.55. The monoisotopic (exact) mass is 329 g/mol. The van der Waals surface area contributed by atoms with Gasteiger partial charge in [-0.15, -0.1) is 0 Å². The normalized spacial score (nSPS) is 11.4. The van der Waals surface area contributed by atoms with Crippen molar-refractivity contribution in [2.75, 3.05) is 33.4 Å². The van der Waals surface area contributed by atoms with E-state index in [1.54, 1.807) is 12.1 Å². The molecule has 0 bridgehead atoms. The van der Waals surface area contributed by atoms with Crippen molar-refractivity contribution in [3.63, 3.8) is 0 Å². The summed E-state index contributed by atoms with van der Waals surface area (Å²) in [5.41, 5.74) is 0. The molecule has 0 radical (unpaired) electrons. The van der Waals surface area contributed by atoms with Gasteiger partial charge in [-0.05, 0) is 37.1 Å². The van der Waals surface area contributed by atoms with Crippen LogP contribution < -0.4 is 4.74 Å². The summed E-state index contributed by atoms with van der Waals surface area (Å²) in [7, 11) is -2.08. The minimum Gasteiger partial charge on any atom is -0.500 e. The average molecular weight is 329 g/mol. The van der Waals surface area contributed by atoms with Crippen LogP contribution in [0.5, 0.6) is 5.75 Å². The number of benzene rings is 1. The lowest BCUT2D eigenvalue weighted by Gasteiger charge is -2.22. The third-order valence-corrected chi connectivity index (χ3v) is 5.00. The van der Waals surface area contributed by atoms with Crippen molar-refractivity contribution in [1.29, 1.82) is 0 Å². The van der Waals surface area contributed by atoms with Gasteiger partial charge in [-0.2, -0.15) is 4.31 Å². The van der Waals surface area contributed by atoms with E-state index in [-0.39, 0.29) is 24.7 Å². The third kappa shape index (κ3) is 5.32. The molecular formula is C15H23NO5S. The van der Waals surface area contributed by atoms with Crippen molar-refractivity contribution in [2.24, 2.45) is 0 Å². The summed E-state index contributed by atoms with van der Waals surface area (Å²) in [5, 5.41) is 8.85. The summed E-state index contributed by atoms with van der Waals surface area (Å²) in [5.74, 6) is 0.598. The first-order valence-electron chi connectivity index (χ1n) is 7.04. The van der Waals surface area contributed by atoms with E-state index in [0.29, 0.717) is 25.1 Å². The first-order chi connectivity index (χ1) is 10.6. The molecule has 22 heavy (non-hydrogen) atoms. The smallest absolute Gasteiger partial charge is 0.243 e. The number of rotatable bonds is 11. The summed E-state index contributed by atoms with van der Waals surface area (Å²) < 4.78 is 36.7. The number of methoxy groups -OCH3 is 1. The Morgan fingerprint density at radius 3 is 2.45 bits per heavy atom. The second-order valence-corrected chi connectivity index (χ2v) is 6.49. The maximum atomic E-state index is 12.7. The van der Waals surface area contributed by atoms with Crippen LogP contribution in [-0.2, 0) is 14.8 Å². The van der Waals surface area contributed by atoms with Gasteiger partial charge in [0.1, 0.15) is 12.4 Å². The molecule has 1 aromatic rings. The van der Waals surface area contributed by atoms with Gasteiger partial charge >= 0.3 is 0 Å². The number of hydrogen-bond donors (Lipinski definition) is 1. The number of sulfonamides is 1. The van der Waals surface area contributed by atoms with Crippen molar-refractivity contribution >= 4 is 10.0 Å². The predicted molar refractivity (Wildman–Crippen MR) is 84.2 cm³/mol. The lowest BCUT2D eigenvalue weighted by Crippen LogP contribution is -2.34. The highest BCUT2D eigenvalue weighted by Gasteiger charge is 2.23. The fourth-order valence-corrected chi connectivity index (χ4v) is 3.35. The first-order valence-corrected chi connectivity index (χ1v) is 8.48. The molecule has 0 heterocycles. The maximum absolute atomic E-state index is 12.7. The lowest BCUT2D eigenvalue weighted by molar-refractivity contribution is 0.217. The van der Waals surface area contributed by atoms with Gasteiger partial charge in [-0.1, -0.05) is 6.58 Å². The Morgan fingerprint density at radius 1 is 1.23 bits per heavy atom. The van der Waals surface area contributed by atoms with Gasteiger partial charge in [0, 0.05) is 19.7 Å². The highest BCUT2D eigenvalue weighted by molar-refractivity contribution is 7.89. The fourth-order valence-electron chi connectivity index (χ4n) is 1.89. The van der Waals surface area contributed by atoms with Crippen LogP contribution in [0.4, 0.5) is 0 Å². The van der Waals surface area contributed by atoms with Crippen LogP contribution in [-0.4, -0.2) is 51.2 Å². The van der Waals surface area contributed by atoms with Crippen LogP contribution in [0.1, 0.15) is 12.8 Å². The SMILES string of the molecule is C=COCCN(CCCCO)S(=O)(=O)c1ccc(OC)cc1. The molecule has 0 saturated carbocycles. The van der Waals surface area contributed by atoms with E-state index < -0.39 is 10.0 Å². The largest absolute Gasteiger partial charge is 0.500 e. The topological polar surface area (TPSA) is 76.1 Å². The van der Waals surface area contributed by atoms with E-state index in [4.69, 9.17) is 14.6 Å². The molecule has 0 aliphatic heterocycles. The minimum absolute atomic E-state index is 0.0413. The Balaban J connectivity index is 2.88. The van der Waals surface area contributed by atoms with Gasteiger partial charge in [0.25, 0.3) is 0 Å². The molecule has 0 atom stereocenters. The second kappa shape index (κ2) is 9.45. The molecule has 0 aliphatic carbocycles. The number of aliphatic hydroxyl groups is 1. The highest BCUT2D eigenvalue weighted by Crippen LogP contribution is 2.19. The van der Waals surface area contributed by atoms with Gasteiger partial charge in [0.2, 0.25) is 10.0 Å². The van der Waals surface area contributed by atoms with E-state index in [2.05, 4.69) is 6.58 Å². The molecule has 6 nitrogen and oxygen atoms in total. The standard InChI is InChI=1S/C15H23NO5S/c1-3-21-13-11-16(10-4-5-12-17)22(18,19)15-8-6-14(20-2)7-9-15/h3,6-9,17H,1,4-5,10-13H2,2H3. The van der Waals surface area contributed by atoms with Crippen molar-refractivity contribution in [3.05, 3.63) is 37.1 Å². The van der Waals surface area contributed by atoms with Gasteiger partial charge in [0.05, 0.1) is 18.3 Å². The molecule has 7 heteroatoms. The number of nitrogens with zero attached hydrogens (tertiary/aromatic N) is 1. The number of aliphatic hydroxyl groups excluding tert-OH is 1. The zero-order chi connectivity index (χ0) is 16.4. The van der Waals surface area contributed by atoms with Crippen LogP contribution in [0.2, 0.25) is 0 Å². The molecular weight excluding hydrogens is 306 g/mol. The summed E-state index contributed by atoms with van der Waals surface area (Å²) in [6.07, 6.45) is 2.42. The predicted octanol–water partition coefficient (Wildman–Crippen LogP) is 1.62. The number of ether oxygens (including phenoxy) is 2. The maximum Gasteiger partial charge on any atom is 0.243 e. The molecule has 1 aromatic carbocycles. The van der Waals surface area contributed by atoms with Crippen LogP contribution in [0.25, 0.3) is 0 Å². The Kier molecular flexibility index (Phi) is 7.94. The Labute approximate surface area is 132 Å². The fraction of sp³-hybridized carbons (Fsp3) is 0.467. The van der Waals surface area contributed by atoms with Gasteiger partial charge < -0.3 is 14.6 Å². The van der Waals surface area contributed by atoms with E-state index in [0.717, 1.165) is 0 Å². The van der Waals surface area contributed by atoms with E-state index >= 15 is 0 Å². The Hall–Kier alpha value is -1.57. The van der Waals surface area contributed by atoms with Crippen LogP contribution >= 0.6 is 0 Å². The van der Waals surface area contributed by atoms with E-state index in [1.807, 2.05) is 0 Å². The molecule has 1 N–H and O–H groups in total. The molecule has 0 saturated heterocycles. The zero-order valence-electron chi connectivity index (χ0n) is 12.8. The number of hydrogen-bond acceptors (Lipinski definition) is 5. The third-order valence-electron chi connectivity index (χ3n) is 3.09. The zero-order valence-corrected chi connectivity index (χ0v) is 13.6. The summed E-state index contributed by atoms with van der Waals surface area (Å²) in [6.45, 7) is 4.27. The van der Waals surface area contributed by atoms with Gasteiger partial charge in [-0.3, -0.25) is 0 Å². The summed E-state index contributed by atoms with van der Waals surface area (Å²) in [6, 6.07) is 6.25. The molecule has 0 fully saturated rings. The van der Waals surface area contributed by atoms with Crippen LogP contribution in [0, 0.1) is 0 Å². The van der Waals surface area contributed by atoms with Crippen molar-refractivity contribution in [2.45, 2.75) is 17.7 Å². The highest BCUT2D eigenvalue weighted by atomic mass is 32.2. The van der Waals surface area contributed by atoms with Crippen LogP contribution in [0.3, 0.4) is 0 Å². The molecule has 0 amide bonds. The van der Waals surface area contributed by atoms with Crippen molar-refractivity contribution in [1.82, 2.24) is 4.31 Å². The molecule has 0 aliphatic rings. The van der Waals surface area contributed by atoms with Gasteiger partial charge in [0.15, 0.2) is 0 Å². The van der Waals surface area contributed by atoms with Crippen molar-refractivity contribution < 1.29 is 23.0 Å². The quantitative estimate of drug-likeness (QED) is 0.493. The molecule has 0 aromatic heterocycles. The Morgan fingerprint density at radius 2 is 1.91 bits per heavy atom. The van der Waals surface area contributed by atoms with Crippen molar-refractivity contribution in [3.8, 4) is 5.75 Å².